The lowest BCUT2D eigenvalue weighted by Gasteiger charge is -2.32. The van der Waals surface area contributed by atoms with E-state index in [1.807, 2.05) is 38.1 Å². The number of carbonyl (C=O) groups excluding carboxylic acids is 1. The van der Waals surface area contributed by atoms with Crippen molar-refractivity contribution in [1.29, 1.82) is 0 Å². The summed E-state index contributed by atoms with van der Waals surface area (Å²) in [6.45, 7) is 13.3. The summed E-state index contributed by atoms with van der Waals surface area (Å²) >= 11 is 0. The number of rotatable bonds is 13. The second-order valence-electron chi connectivity index (χ2n) is 10.6. The molecule has 0 radical (unpaired) electrons. The smallest absolute Gasteiger partial charge is 0.494 e. The van der Waals surface area contributed by atoms with Crippen LogP contribution in [0.15, 0.2) is 34.9 Å². The number of hydrogen-bond donors (Lipinski definition) is 0. The summed E-state index contributed by atoms with van der Waals surface area (Å²) in [4.78, 5) is 12.0. The molecule has 198 valence electrons. The minimum absolute atomic E-state index is 0.0357. The summed E-state index contributed by atoms with van der Waals surface area (Å²) in [5.41, 5.74) is 0.291. The van der Waals surface area contributed by atoms with E-state index < -0.39 is 5.92 Å². The molecule has 0 saturated carbocycles. The number of methoxy groups -OCH3 is 1. The minimum atomic E-state index is -0.486. The SMILES string of the molecule is COC(=O)C(c1cc(OCCCCCCOc2ccc(B3OC(C)(C)C(C)(C)O3)cc2)no1)C(C)C. The van der Waals surface area contributed by atoms with Crippen molar-refractivity contribution < 1.29 is 32.8 Å². The quantitative estimate of drug-likeness (QED) is 0.218. The van der Waals surface area contributed by atoms with E-state index in [1.165, 1.54) is 7.11 Å². The second-order valence-corrected chi connectivity index (χ2v) is 10.6. The zero-order chi connectivity index (χ0) is 26.3. The highest BCUT2D eigenvalue weighted by molar-refractivity contribution is 6.62. The maximum atomic E-state index is 12.0. The lowest BCUT2D eigenvalue weighted by atomic mass is 9.79. The molecule has 3 rings (SSSR count). The number of nitrogens with zero attached hydrogens (tertiary/aromatic N) is 1. The topological polar surface area (TPSA) is 89.3 Å². The molecule has 9 heteroatoms. The molecule has 0 N–H and O–H groups in total. The van der Waals surface area contributed by atoms with Crippen LogP contribution in [0.1, 0.15) is 78.9 Å². The summed E-state index contributed by atoms with van der Waals surface area (Å²) in [5.74, 6) is 0.913. The van der Waals surface area contributed by atoms with Gasteiger partial charge in [0, 0.05) is 6.07 Å². The van der Waals surface area contributed by atoms with Crippen LogP contribution in [0.2, 0.25) is 0 Å². The molecule has 0 bridgehead atoms. The summed E-state index contributed by atoms with van der Waals surface area (Å²) in [6.07, 6.45) is 3.92. The van der Waals surface area contributed by atoms with Gasteiger partial charge in [0.25, 0.3) is 5.88 Å². The summed E-state index contributed by atoms with van der Waals surface area (Å²) in [5, 5.41) is 3.92. The van der Waals surface area contributed by atoms with Gasteiger partial charge in [-0.2, -0.15) is 0 Å². The minimum Gasteiger partial charge on any atom is -0.494 e. The van der Waals surface area contributed by atoms with E-state index >= 15 is 0 Å². The Labute approximate surface area is 215 Å². The molecule has 1 aromatic heterocycles. The Morgan fingerprint density at radius 3 is 2.08 bits per heavy atom. The lowest BCUT2D eigenvalue weighted by Crippen LogP contribution is -2.41. The van der Waals surface area contributed by atoms with E-state index in [-0.39, 0.29) is 30.2 Å². The summed E-state index contributed by atoms with van der Waals surface area (Å²) < 4.78 is 33.9. The zero-order valence-electron chi connectivity index (χ0n) is 22.7. The second kappa shape index (κ2) is 12.1. The fraction of sp³-hybridized carbons (Fsp3) is 0.630. The Morgan fingerprint density at radius 2 is 1.53 bits per heavy atom. The molecule has 2 aromatic rings. The van der Waals surface area contributed by atoms with E-state index in [0.29, 0.717) is 24.9 Å². The molecule has 1 aliphatic rings. The van der Waals surface area contributed by atoms with Crippen LogP contribution >= 0.6 is 0 Å². The molecule has 36 heavy (non-hydrogen) atoms. The fourth-order valence-corrected chi connectivity index (χ4v) is 3.96. The highest BCUT2D eigenvalue weighted by Gasteiger charge is 2.51. The van der Waals surface area contributed by atoms with Crippen molar-refractivity contribution in [2.45, 2.75) is 84.3 Å². The van der Waals surface area contributed by atoms with Crippen molar-refractivity contribution >= 4 is 18.6 Å². The van der Waals surface area contributed by atoms with Gasteiger partial charge in [-0.05, 0) is 82.0 Å². The first kappa shape index (κ1) is 28.1. The third-order valence-electron chi connectivity index (χ3n) is 6.90. The van der Waals surface area contributed by atoms with Gasteiger partial charge in [0.1, 0.15) is 11.7 Å². The van der Waals surface area contributed by atoms with E-state index in [1.54, 1.807) is 6.07 Å². The maximum absolute atomic E-state index is 12.0. The molecule has 8 nitrogen and oxygen atoms in total. The van der Waals surface area contributed by atoms with E-state index in [0.717, 1.165) is 36.9 Å². The molecule has 1 saturated heterocycles. The van der Waals surface area contributed by atoms with Crippen LogP contribution in [0, 0.1) is 5.92 Å². The number of benzene rings is 1. The first-order valence-corrected chi connectivity index (χ1v) is 12.8. The number of aromatic nitrogens is 1. The molecule has 2 heterocycles. The Kier molecular flexibility index (Phi) is 9.47. The van der Waals surface area contributed by atoms with Crippen LogP contribution in [0.3, 0.4) is 0 Å². The summed E-state index contributed by atoms with van der Waals surface area (Å²) in [6, 6.07) is 9.60. The van der Waals surface area contributed by atoms with Crippen LogP contribution < -0.4 is 14.9 Å². The van der Waals surface area contributed by atoms with Gasteiger partial charge in [0.05, 0.1) is 31.5 Å². The molecule has 1 unspecified atom stereocenters. The van der Waals surface area contributed by atoms with Gasteiger partial charge < -0.3 is 28.0 Å². The van der Waals surface area contributed by atoms with Crippen molar-refractivity contribution in [2.24, 2.45) is 5.92 Å². The van der Waals surface area contributed by atoms with Gasteiger partial charge in [-0.3, -0.25) is 4.79 Å². The van der Waals surface area contributed by atoms with E-state index in [4.69, 9.17) is 28.0 Å². The van der Waals surface area contributed by atoms with E-state index in [2.05, 4.69) is 32.9 Å². The highest BCUT2D eigenvalue weighted by atomic mass is 16.7. The standard InChI is InChI=1S/C27H40BNO7/c1-19(2)24(25(30)31-7)22-18-23(29-34-22)33-17-11-9-8-10-16-32-21-14-12-20(13-15-21)28-35-26(3,4)27(5,6)36-28/h12-15,18-19,24H,8-11,16-17H2,1-7H3. The molecule has 0 spiro atoms. The molecular formula is C27H40BNO7. The molecule has 1 aliphatic heterocycles. The number of esters is 1. The normalized spacial score (nSPS) is 17.3. The Morgan fingerprint density at radius 1 is 0.944 bits per heavy atom. The molecule has 1 atom stereocenters. The van der Waals surface area contributed by atoms with Crippen LogP contribution in [-0.2, 0) is 18.8 Å². The first-order valence-electron chi connectivity index (χ1n) is 12.8. The molecule has 0 aliphatic carbocycles. The number of carbonyl (C=O) groups is 1. The third-order valence-corrected chi connectivity index (χ3v) is 6.90. The average Bonchev–Trinajstić information content (AvgIpc) is 3.36. The van der Waals surface area contributed by atoms with Crippen LogP contribution in [-0.4, -0.2) is 49.8 Å². The van der Waals surface area contributed by atoms with Gasteiger partial charge in [0.15, 0.2) is 5.76 Å². The Balaban J connectivity index is 1.30. The van der Waals surface area contributed by atoms with Crippen LogP contribution in [0.5, 0.6) is 11.6 Å². The number of ether oxygens (including phenoxy) is 3. The monoisotopic (exact) mass is 501 g/mol. The molecule has 1 aromatic carbocycles. The van der Waals surface area contributed by atoms with Crippen molar-refractivity contribution in [1.82, 2.24) is 5.16 Å². The van der Waals surface area contributed by atoms with Gasteiger partial charge >= 0.3 is 13.1 Å². The van der Waals surface area contributed by atoms with Crippen LogP contribution in [0.4, 0.5) is 0 Å². The average molecular weight is 501 g/mol. The number of unbranched alkanes of at least 4 members (excludes halogenated alkanes) is 3. The lowest BCUT2D eigenvalue weighted by molar-refractivity contribution is -0.144. The van der Waals surface area contributed by atoms with Gasteiger partial charge in [0.2, 0.25) is 0 Å². The maximum Gasteiger partial charge on any atom is 0.494 e. The van der Waals surface area contributed by atoms with Crippen molar-refractivity contribution in [2.75, 3.05) is 20.3 Å². The zero-order valence-corrected chi connectivity index (χ0v) is 22.7. The van der Waals surface area contributed by atoms with Crippen molar-refractivity contribution in [3.05, 3.63) is 36.1 Å². The summed E-state index contributed by atoms with van der Waals surface area (Å²) in [7, 11) is 1.01. The Hall–Kier alpha value is -2.52. The van der Waals surface area contributed by atoms with Gasteiger partial charge in [-0.1, -0.05) is 26.0 Å². The third kappa shape index (κ3) is 7.04. The van der Waals surface area contributed by atoms with Gasteiger partial charge in [-0.25, -0.2) is 0 Å². The first-order chi connectivity index (χ1) is 17.0. The predicted octanol–water partition coefficient (Wildman–Crippen LogP) is 4.90. The van der Waals surface area contributed by atoms with Gasteiger partial charge in [-0.15, -0.1) is 0 Å². The van der Waals surface area contributed by atoms with Crippen molar-refractivity contribution in [3.63, 3.8) is 0 Å². The largest absolute Gasteiger partial charge is 0.494 e. The predicted molar refractivity (Wildman–Crippen MR) is 138 cm³/mol. The van der Waals surface area contributed by atoms with Crippen molar-refractivity contribution in [3.8, 4) is 11.6 Å². The van der Waals surface area contributed by atoms with E-state index in [9.17, 15) is 4.79 Å². The molecule has 1 fully saturated rings. The molecule has 0 amide bonds. The Bertz CT molecular complexity index is 955. The molecular weight excluding hydrogens is 461 g/mol. The number of hydrogen-bond acceptors (Lipinski definition) is 8. The fourth-order valence-electron chi connectivity index (χ4n) is 3.96. The van der Waals surface area contributed by atoms with Crippen LogP contribution in [0.25, 0.3) is 0 Å². The highest BCUT2D eigenvalue weighted by Crippen LogP contribution is 2.36.